The van der Waals surface area contributed by atoms with Crippen LogP contribution in [0.1, 0.15) is 26.2 Å². The standard InChI is InChI=1S/C16H15NO5S3/c1-21-16(18)15-14(6-9-24-15)25(19,20)17-10-11(12-4-2-7-22-12)13-5-3-8-23-13/h2-9,11,17H,10H2,1H3. The van der Waals surface area contributed by atoms with Crippen molar-refractivity contribution in [3.8, 4) is 0 Å². The molecular formula is C16H15NO5S3. The van der Waals surface area contributed by atoms with E-state index in [2.05, 4.69) is 9.46 Å². The van der Waals surface area contributed by atoms with Crippen LogP contribution in [0.3, 0.4) is 0 Å². The molecule has 3 aromatic rings. The Morgan fingerprint density at radius 3 is 2.72 bits per heavy atom. The molecule has 0 saturated carbocycles. The zero-order valence-electron chi connectivity index (χ0n) is 13.2. The van der Waals surface area contributed by atoms with Crippen LogP contribution in [0, 0.1) is 0 Å². The summed E-state index contributed by atoms with van der Waals surface area (Å²) in [5, 5.41) is 3.47. The van der Waals surface area contributed by atoms with E-state index in [4.69, 9.17) is 4.42 Å². The van der Waals surface area contributed by atoms with Gasteiger partial charge in [-0.3, -0.25) is 0 Å². The van der Waals surface area contributed by atoms with E-state index in [1.165, 1.54) is 24.5 Å². The summed E-state index contributed by atoms with van der Waals surface area (Å²) in [6, 6.07) is 8.80. The summed E-state index contributed by atoms with van der Waals surface area (Å²) in [5.41, 5.74) is 0. The van der Waals surface area contributed by atoms with Crippen LogP contribution in [0.2, 0.25) is 0 Å². The van der Waals surface area contributed by atoms with Crippen LogP contribution in [-0.2, 0) is 14.8 Å². The minimum absolute atomic E-state index is 0.0562. The Hall–Kier alpha value is -1.94. The van der Waals surface area contributed by atoms with Crippen molar-refractivity contribution in [2.45, 2.75) is 10.8 Å². The molecule has 0 saturated heterocycles. The third-order valence-electron chi connectivity index (χ3n) is 3.54. The van der Waals surface area contributed by atoms with Crippen LogP contribution < -0.4 is 4.72 Å². The normalized spacial score (nSPS) is 12.8. The van der Waals surface area contributed by atoms with E-state index in [-0.39, 0.29) is 22.2 Å². The van der Waals surface area contributed by atoms with Gasteiger partial charge in [-0.2, -0.15) is 0 Å². The first kappa shape index (κ1) is 17.9. The lowest BCUT2D eigenvalue weighted by Crippen LogP contribution is -2.29. The number of rotatable bonds is 7. The van der Waals surface area contributed by atoms with Crippen molar-refractivity contribution in [3.05, 3.63) is 62.9 Å². The highest BCUT2D eigenvalue weighted by atomic mass is 32.2. The predicted octanol–water partition coefficient (Wildman–Crippen LogP) is 3.30. The Bertz CT molecular complexity index is 892. The van der Waals surface area contributed by atoms with Crippen LogP contribution in [0.5, 0.6) is 0 Å². The highest BCUT2D eigenvalue weighted by Crippen LogP contribution is 2.29. The number of esters is 1. The zero-order valence-corrected chi connectivity index (χ0v) is 15.6. The molecule has 3 rings (SSSR count). The molecule has 9 heteroatoms. The lowest BCUT2D eigenvalue weighted by molar-refractivity contribution is 0.0602. The number of carbonyl (C=O) groups is 1. The fourth-order valence-corrected chi connectivity index (χ4v) is 5.56. The number of carbonyl (C=O) groups excluding carboxylic acids is 1. The molecule has 0 aliphatic rings. The molecule has 132 valence electrons. The van der Waals surface area contributed by atoms with E-state index in [1.54, 1.807) is 17.7 Å². The molecule has 0 fully saturated rings. The molecule has 3 heterocycles. The molecule has 1 N–H and O–H groups in total. The van der Waals surface area contributed by atoms with Crippen molar-refractivity contribution < 1.29 is 22.4 Å². The fraction of sp³-hybridized carbons (Fsp3) is 0.188. The average molecular weight is 397 g/mol. The fourth-order valence-electron chi connectivity index (χ4n) is 2.34. The highest BCUT2D eigenvalue weighted by Gasteiger charge is 2.27. The Balaban J connectivity index is 1.83. The lowest BCUT2D eigenvalue weighted by Gasteiger charge is -2.14. The van der Waals surface area contributed by atoms with Gasteiger partial charge in [-0.15, -0.1) is 22.7 Å². The Morgan fingerprint density at radius 1 is 1.24 bits per heavy atom. The van der Waals surface area contributed by atoms with E-state index in [0.29, 0.717) is 5.76 Å². The van der Waals surface area contributed by atoms with E-state index in [9.17, 15) is 13.2 Å². The molecule has 0 aliphatic carbocycles. The average Bonchev–Trinajstić information content (AvgIpc) is 3.34. The Labute approximate surface area is 153 Å². The van der Waals surface area contributed by atoms with E-state index < -0.39 is 16.0 Å². The largest absolute Gasteiger partial charge is 0.469 e. The van der Waals surface area contributed by atoms with Gasteiger partial charge in [0, 0.05) is 11.4 Å². The third-order valence-corrected chi connectivity index (χ3v) is 7.02. The molecule has 0 spiro atoms. The van der Waals surface area contributed by atoms with Crippen LogP contribution in [0.15, 0.2) is 56.7 Å². The second kappa shape index (κ2) is 7.52. The summed E-state index contributed by atoms with van der Waals surface area (Å²) in [4.78, 5) is 12.7. The number of hydrogen-bond donors (Lipinski definition) is 1. The highest BCUT2D eigenvalue weighted by molar-refractivity contribution is 7.89. The number of sulfonamides is 1. The summed E-state index contributed by atoms with van der Waals surface area (Å²) >= 11 is 2.55. The Morgan fingerprint density at radius 2 is 2.08 bits per heavy atom. The minimum Gasteiger partial charge on any atom is -0.469 e. The number of furan rings is 1. The first-order valence-electron chi connectivity index (χ1n) is 7.25. The second-order valence-corrected chi connectivity index (χ2v) is 8.67. The molecule has 0 aliphatic heterocycles. The molecule has 0 bridgehead atoms. The first-order valence-corrected chi connectivity index (χ1v) is 10.5. The summed E-state index contributed by atoms with van der Waals surface area (Å²) in [7, 11) is -2.64. The van der Waals surface area contributed by atoms with Gasteiger partial charge in [0.1, 0.15) is 15.5 Å². The van der Waals surface area contributed by atoms with Gasteiger partial charge in [-0.1, -0.05) is 6.07 Å². The van der Waals surface area contributed by atoms with Crippen molar-refractivity contribution in [2.75, 3.05) is 13.7 Å². The third kappa shape index (κ3) is 3.84. The van der Waals surface area contributed by atoms with Crippen molar-refractivity contribution in [1.82, 2.24) is 4.72 Å². The maximum Gasteiger partial charge on any atom is 0.349 e. The van der Waals surface area contributed by atoms with Gasteiger partial charge >= 0.3 is 5.97 Å². The van der Waals surface area contributed by atoms with Gasteiger partial charge in [0.2, 0.25) is 10.0 Å². The molecule has 25 heavy (non-hydrogen) atoms. The molecule has 1 atom stereocenters. The maximum atomic E-state index is 12.6. The van der Waals surface area contributed by atoms with Gasteiger partial charge in [-0.25, -0.2) is 17.9 Å². The summed E-state index contributed by atoms with van der Waals surface area (Å²) < 4.78 is 37.9. The zero-order chi connectivity index (χ0) is 17.9. The quantitative estimate of drug-likeness (QED) is 0.618. The maximum absolute atomic E-state index is 12.6. The molecule has 0 amide bonds. The molecule has 1 unspecified atom stereocenters. The number of ether oxygens (including phenoxy) is 1. The topological polar surface area (TPSA) is 85.6 Å². The summed E-state index contributed by atoms with van der Waals surface area (Å²) in [6.45, 7) is 0.118. The van der Waals surface area contributed by atoms with Crippen molar-refractivity contribution in [2.24, 2.45) is 0 Å². The molecule has 6 nitrogen and oxygen atoms in total. The second-order valence-electron chi connectivity index (χ2n) is 5.04. The van der Waals surface area contributed by atoms with Crippen LogP contribution in [0.4, 0.5) is 0 Å². The molecule has 0 aromatic carbocycles. The van der Waals surface area contributed by atoms with E-state index in [1.807, 2.05) is 23.6 Å². The first-order chi connectivity index (χ1) is 12.0. The van der Waals surface area contributed by atoms with Crippen molar-refractivity contribution >= 4 is 38.7 Å². The van der Waals surface area contributed by atoms with Crippen LogP contribution in [0.25, 0.3) is 0 Å². The smallest absolute Gasteiger partial charge is 0.349 e. The number of hydrogen-bond acceptors (Lipinski definition) is 7. The monoisotopic (exact) mass is 397 g/mol. The SMILES string of the molecule is COC(=O)c1sccc1S(=O)(=O)NCC(c1ccco1)c1cccs1. The number of nitrogens with one attached hydrogen (secondary N) is 1. The lowest BCUT2D eigenvalue weighted by atomic mass is 10.1. The van der Waals surface area contributed by atoms with Gasteiger partial charge in [0.25, 0.3) is 0 Å². The predicted molar refractivity (Wildman–Crippen MR) is 95.7 cm³/mol. The molecular weight excluding hydrogens is 382 g/mol. The van der Waals surface area contributed by atoms with Gasteiger partial charge in [0.15, 0.2) is 0 Å². The summed E-state index contributed by atoms with van der Waals surface area (Å²) in [6.07, 6.45) is 1.55. The summed E-state index contributed by atoms with van der Waals surface area (Å²) in [5.74, 6) is -0.245. The Kier molecular flexibility index (Phi) is 5.38. The van der Waals surface area contributed by atoms with Gasteiger partial charge in [-0.05, 0) is 35.0 Å². The van der Waals surface area contributed by atoms with Crippen LogP contribution in [-0.4, -0.2) is 28.0 Å². The van der Waals surface area contributed by atoms with Crippen molar-refractivity contribution in [3.63, 3.8) is 0 Å². The van der Waals surface area contributed by atoms with Crippen molar-refractivity contribution in [1.29, 1.82) is 0 Å². The molecule has 0 radical (unpaired) electrons. The van der Waals surface area contributed by atoms with E-state index >= 15 is 0 Å². The molecule has 3 aromatic heterocycles. The number of thiophene rings is 2. The van der Waals surface area contributed by atoms with E-state index in [0.717, 1.165) is 16.2 Å². The van der Waals surface area contributed by atoms with Crippen LogP contribution >= 0.6 is 22.7 Å². The van der Waals surface area contributed by atoms with Gasteiger partial charge in [0.05, 0.1) is 19.3 Å². The van der Waals surface area contributed by atoms with Gasteiger partial charge < -0.3 is 9.15 Å². The number of methoxy groups -OCH3 is 1. The minimum atomic E-state index is -3.86.